The standard InChI is InChI=1S/C11H17N3O/c1-9-5-3-4-8-14(9)11-12-7-6-10(13-11)15-2/h6-7,9H,3-5,8H2,1-2H3. The van der Waals surface area contributed by atoms with Crippen LogP contribution < -0.4 is 9.64 Å². The Morgan fingerprint density at radius 3 is 3.07 bits per heavy atom. The molecule has 82 valence electrons. The van der Waals surface area contributed by atoms with E-state index >= 15 is 0 Å². The molecule has 4 nitrogen and oxygen atoms in total. The van der Waals surface area contributed by atoms with Crippen LogP contribution in [-0.2, 0) is 0 Å². The largest absolute Gasteiger partial charge is 0.481 e. The lowest BCUT2D eigenvalue weighted by molar-refractivity contribution is 0.394. The molecule has 1 atom stereocenters. The third kappa shape index (κ3) is 2.19. The molecule has 15 heavy (non-hydrogen) atoms. The first kappa shape index (κ1) is 10.2. The fourth-order valence-corrected chi connectivity index (χ4v) is 1.98. The Morgan fingerprint density at radius 2 is 2.33 bits per heavy atom. The van der Waals surface area contributed by atoms with Crippen molar-refractivity contribution in [1.82, 2.24) is 9.97 Å². The highest BCUT2D eigenvalue weighted by atomic mass is 16.5. The van der Waals surface area contributed by atoms with E-state index in [0.717, 1.165) is 12.5 Å². The molecule has 1 aliphatic heterocycles. The molecule has 1 aromatic heterocycles. The maximum atomic E-state index is 5.10. The van der Waals surface area contributed by atoms with Crippen molar-refractivity contribution in [3.63, 3.8) is 0 Å². The van der Waals surface area contributed by atoms with E-state index < -0.39 is 0 Å². The van der Waals surface area contributed by atoms with Crippen LogP contribution >= 0.6 is 0 Å². The molecule has 1 saturated heterocycles. The summed E-state index contributed by atoms with van der Waals surface area (Å²) in [5.74, 6) is 1.43. The summed E-state index contributed by atoms with van der Waals surface area (Å²) in [4.78, 5) is 10.9. The normalized spacial score (nSPS) is 21.5. The topological polar surface area (TPSA) is 38.2 Å². The van der Waals surface area contributed by atoms with Crippen molar-refractivity contribution >= 4 is 5.95 Å². The van der Waals surface area contributed by atoms with Gasteiger partial charge in [0.2, 0.25) is 11.8 Å². The van der Waals surface area contributed by atoms with E-state index in [1.807, 2.05) is 0 Å². The molecule has 4 heteroatoms. The maximum absolute atomic E-state index is 5.10. The van der Waals surface area contributed by atoms with E-state index in [1.54, 1.807) is 19.4 Å². The van der Waals surface area contributed by atoms with Crippen LogP contribution in [0.3, 0.4) is 0 Å². The molecule has 1 unspecified atom stereocenters. The summed E-state index contributed by atoms with van der Waals surface area (Å²) in [6.45, 7) is 3.27. The third-order valence-corrected chi connectivity index (χ3v) is 2.89. The lowest BCUT2D eigenvalue weighted by Crippen LogP contribution is -2.38. The fraction of sp³-hybridized carbons (Fsp3) is 0.636. The minimum atomic E-state index is 0.533. The zero-order chi connectivity index (χ0) is 10.7. The molecule has 0 bridgehead atoms. The zero-order valence-corrected chi connectivity index (χ0v) is 9.31. The number of ether oxygens (including phenoxy) is 1. The molecule has 2 rings (SSSR count). The number of nitrogens with zero attached hydrogens (tertiary/aromatic N) is 3. The SMILES string of the molecule is COc1ccnc(N2CCCCC2C)n1. The van der Waals surface area contributed by atoms with Gasteiger partial charge in [-0.3, -0.25) is 0 Å². The number of anilines is 1. The van der Waals surface area contributed by atoms with Crippen molar-refractivity contribution in [3.8, 4) is 5.88 Å². The van der Waals surface area contributed by atoms with Crippen molar-refractivity contribution in [2.24, 2.45) is 0 Å². The third-order valence-electron chi connectivity index (χ3n) is 2.89. The number of piperidine rings is 1. The average Bonchev–Trinajstić information content (AvgIpc) is 2.30. The van der Waals surface area contributed by atoms with Gasteiger partial charge >= 0.3 is 0 Å². The van der Waals surface area contributed by atoms with Gasteiger partial charge in [-0.1, -0.05) is 0 Å². The van der Waals surface area contributed by atoms with Crippen LogP contribution in [0.1, 0.15) is 26.2 Å². The lowest BCUT2D eigenvalue weighted by Gasteiger charge is -2.33. The number of hydrogen-bond donors (Lipinski definition) is 0. The van der Waals surface area contributed by atoms with Crippen LogP contribution in [0.2, 0.25) is 0 Å². The van der Waals surface area contributed by atoms with Crippen molar-refractivity contribution in [1.29, 1.82) is 0 Å². The molecule has 0 saturated carbocycles. The molecule has 1 aliphatic rings. The van der Waals surface area contributed by atoms with Gasteiger partial charge in [0.1, 0.15) is 0 Å². The number of methoxy groups -OCH3 is 1. The van der Waals surface area contributed by atoms with E-state index in [4.69, 9.17) is 4.74 Å². The molecule has 0 radical (unpaired) electrons. The van der Waals surface area contributed by atoms with Gasteiger partial charge < -0.3 is 9.64 Å². The second-order valence-corrected chi connectivity index (χ2v) is 3.94. The highest BCUT2D eigenvalue weighted by Gasteiger charge is 2.20. The van der Waals surface area contributed by atoms with Gasteiger partial charge in [0.25, 0.3) is 0 Å². The van der Waals surface area contributed by atoms with Gasteiger partial charge in [0.15, 0.2) is 0 Å². The highest BCUT2D eigenvalue weighted by Crippen LogP contribution is 2.22. The Hall–Kier alpha value is -1.32. The minimum Gasteiger partial charge on any atom is -0.481 e. The summed E-state index contributed by atoms with van der Waals surface area (Å²) in [6, 6.07) is 2.31. The van der Waals surface area contributed by atoms with E-state index in [9.17, 15) is 0 Å². The van der Waals surface area contributed by atoms with Crippen LogP contribution in [0.4, 0.5) is 5.95 Å². The van der Waals surface area contributed by atoms with Crippen molar-refractivity contribution in [3.05, 3.63) is 12.3 Å². The highest BCUT2D eigenvalue weighted by molar-refractivity contribution is 5.33. The Morgan fingerprint density at radius 1 is 1.47 bits per heavy atom. The van der Waals surface area contributed by atoms with Gasteiger partial charge in [-0.25, -0.2) is 4.98 Å². The summed E-state index contributed by atoms with van der Waals surface area (Å²) in [5, 5.41) is 0. The number of rotatable bonds is 2. The van der Waals surface area contributed by atoms with Crippen LogP contribution in [0, 0.1) is 0 Å². The Bertz CT molecular complexity index is 329. The number of aromatic nitrogens is 2. The summed E-state index contributed by atoms with van der Waals surface area (Å²) in [6.07, 6.45) is 5.51. The molecule has 0 amide bonds. The van der Waals surface area contributed by atoms with Crippen LogP contribution in [0.15, 0.2) is 12.3 Å². The van der Waals surface area contributed by atoms with Crippen LogP contribution in [-0.4, -0.2) is 29.7 Å². The number of hydrogen-bond acceptors (Lipinski definition) is 4. The maximum Gasteiger partial charge on any atom is 0.228 e. The Labute approximate surface area is 90.3 Å². The van der Waals surface area contributed by atoms with Crippen molar-refractivity contribution < 1.29 is 4.74 Å². The Balaban J connectivity index is 2.19. The predicted molar refractivity (Wildman–Crippen MR) is 59.2 cm³/mol. The Kier molecular flexibility index (Phi) is 3.04. The molecule has 0 aromatic carbocycles. The van der Waals surface area contributed by atoms with Gasteiger partial charge in [0.05, 0.1) is 7.11 Å². The van der Waals surface area contributed by atoms with E-state index in [2.05, 4.69) is 21.8 Å². The lowest BCUT2D eigenvalue weighted by atomic mass is 10.0. The zero-order valence-electron chi connectivity index (χ0n) is 9.31. The van der Waals surface area contributed by atoms with Crippen LogP contribution in [0.5, 0.6) is 5.88 Å². The van der Waals surface area contributed by atoms with E-state index in [1.165, 1.54) is 19.3 Å². The van der Waals surface area contributed by atoms with Gasteiger partial charge in [-0.2, -0.15) is 4.98 Å². The molecule has 2 heterocycles. The van der Waals surface area contributed by atoms with Crippen molar-refractivity contribution in [2.75, 3.05) is 18.6 Å². The molecular formula is C11H17N3O. The van der Waals surface area contributed by atoms with E-state index in [-0.39, 0.29) is 0 Å². The monoisotopic (exact) mass is 207 g/mol. The van der Waals surface area contributed by atoms with Gasteiger partial charge in [0, 0.05) is 24.8 Å². The minimum absolute atomic E-state index is 0.533. The molecule has 0 N–H and O–H groups in total. The molecular weight excluding hydrogens is 190 g/mol. The first-order chi connectivity index (χ1) is 7.31. The second kappa shape index (κ2) is 4.47. The van der Waals surface area contributed by atoms with Crippen molar-refractivity contribution in [2.45, 2.75) is 32.2 Å². The summed E-state index contributed by atoms with van der Waals surface area (Å²) in [7, 11) is 1.63. The predicted octanol–water partition coefficient (Wildman–Crippen LogP) is 1.86. The summed E-state index contributed by atoms with van der Waals surface area (Å²) in [5.41, 5.74) is 0. The first-order valence-electron chi connectivity index (χ1n) is 5.45. The summed E-state index contributed by atoms with van der Waals surface area (Å²) >= 11 is 0. The molecule has 0 aliphatic carbocycles. The second-order valence-electron chi connectivity index (χ2n) is 3.94. The smallest absolute Gasteiger partial charge is 0.228 e. The van der Waals surface area contributed by atoms with Gasteiger partial charge in [-0.05, 0) is 26.2 Å². The quantitative estimate of drug-likeness (QED) is 0.742. The summed E-state index contributed by atoms with van der Waals surface area (Å²) < 4.78 is 5.10. The molecule has 1 fully saturated rings. The van der Waals surface area contributed by atoms with E-state index in [0.29, 0.717) is 11.9 Å². The average molecular weight is 207 g/mol. The molecule has 1 aromatic rings. The first-order valence-corrected chi connectivity index (χ1v) is 5.45. The molecule has 0 spiro atoms. The van der Waals surface area contributed by atoms with Crippen LogP contribution in [0.25, 0.3) is 0 Å². The van der Waals surface area contributed by atoms with Gasteiger partial charge in [-0.15, -0.1) is 0 Å². The fourth-order valence-electron chi connectivity index (χ4n) is 1.98.